The number of piperidine rings is 1. The molecule has 5 heteroatoms. The number of rotatable bonds is 4. The zero-order chi connectivity index (χ0) is 14.5. The van der Waals surface area contributed by atoms with Crippen LogP contribution in [0.1, 0.15) is 19.8 Å². The zero-order valence-electron chi connectivity index (χ0n) is 11.6. The average molecular weight is 278 g/mol. The monoisotopic (exact) mass is 278 g/mol. The number of ketones is 1. The Kier molecular flexibility index (Phi) is 4.84. The summed E-state index contributed by atoms with van der Waals surface area (Å²) in [6, 6.07) is 5.67. The summed E-state index contributed by atoms with van der Waals surface area (Å²) < 4.78 is 12.8. The number of nitrogens with zero attached hydrogens (tertiary/aromatic N) is 1. The molecule has 0 aliphatic carbocycles. The van der Waals surface area contributed by atoms with Gasteiger partial charge in [-0.25, -0.2) is 4.39 Å². The summed E-state index contributed by atoms with van der Waals surface area (Å²) in [6.45, 7) is 3.35. The molecule has 1 aliphatic heterocycles. The largest absolute Gasteiger partial charge is 0.325 e. The van der Waals surface area contributed by atoms with Gasteiger partial charge in [-0.3, -0.25) is 14.5 Å². The van der Waals surface area contributed by atoms with Gasteiger partial charge in [-0.15, -0.1) is 0 Å². The van der Waals surface area contributed by atoms with E-state index >= 15 is 0 Å². The van der Waals surface area contributed by atoms with Crippen molar-refractivity contribution >= 4 is 17.4 Å². The van der Waals surface area contributed by atoms with Crippen LogP contribution in [0.15, 0.2) is 24.3 Å². The highest BCUT2D eigenvalue weighted by Crippen LogP contribution is 2.17. The predicted octanol–water partition coefficient (Wildman–Crippen LogP) is 2.07. The topological polar surface area (TPSA) is 49.4 Å². The number of Topliss-reactive ketones (excluding diaryl/α,β-unsaturated/α-hetero) is 1. The van der Waals surface area contributed by atoms with Crippen LogP contribution in [0.5, 0.6) is 0 Å². The number of hydrogen-bond donors (Lipinski definition) is 1. The Morgan fingerprint density at radius 1 is 1.35 bits per heavy atom. The first kappa shape index (κ1) is 14.7. The van der Waals surface area contributed by atoms with Crippen LogP contribution in [0.3, 0.4) is 0 Å². The van der Waals surface area contributed by atoms with Gasteiger partial charge in [0.25, 0.3) is 0 Å². The molecule has 1 unspecified atom stereocenters. The van der Waals surface area contributed by atoms with Crippen molar-refractivity contribution in [3.8, 4) is 0 Å². The van der Waals surface area contributed by atoms with Gasteiger partial charge >= 0.3 is 0 Å². The molecule has 2 rings (SSSR count). The van der Waals surface area contributed by atoms with E-state index in [0.717, 1.165) is 19.4 Å². The maximum Gasteiger partial charge on any atom is 0.238 e. The fraction of sp³-hybridized carbons (Fsp3) is 0.467. The molecule has 1 amide bonds. The Morgan fingerprint density at radius 2 is 2.05 bits per heavy atom. The number of benzene rings is 1. The summed E-state index contributed by atoms with van der Waals surface area (Å²) in [4.78, 5) is 25.3. The second kappa shape index (κ2) is 6.61. The van der Waals surface area contributed by atoms with Crippen molar-refractivity contribution in [1.29, 1.82) is 0 Å². The van der Waals surface area contributed by atoms with Crippen LogP contribution in [-0.4, -0.2) is 36.2 Å². The molecule has 0 bridgehead atoms. The van der Waals surface area contributed by atoms with Gasteiger partial charge in [0, 0.05) is 18.2 Å². The SMILES string of the molecule is CC(=O)C1CCCN(CC(=O)Nc2ccc(F)cc2)C1. The Labute approximate surface area is 118 Å². The first-order valence-electron chi connectivity index (χ1n) is 6.83. The van der Waals surface area contributed by atoms with Gasteiger partial charge in [0.1, 0.15) is 11.6 Å². The third-order valence-electron chi connectivity index (χ3n) is 3.58. The molecule has 1 aromatic carbocycles. The van der Waals surface area contributed by atoms with Crippen LogP contribution in [0, 0.1) is 11.7 Å². The number of hydrogen-bond acceptors (Lipinski definition) is 3. The molecule has 0 spiro atoms. The van der Waals surface area contributed by atoms with Gasteiger partial charge < -0.3 is 5.32 Å². The van der Waals surface area contributed by atoms with Crippen LogP contribution in [0.4, 0.5) is 10.1 Å². The van der Waals surface area contributed by atoms with Gasteiger partial charge in [-0.1, -0.05) is 0 Å². The summed E-state index contributed by atoms with van der Waals surface area (Å²) in [5.74, 6) is -0.236. The van der Waals surface area contributed by atoms with Gasteiger partial charge in [0.15, 0.2) is 0 Å². The number of carbonyl (C=O) groups excluding carboxylic acids is 2. The molecule has 1 saturated heterocycles. The van der Waals surface area contributed by atoms with Crippen LogP contribution >= 0.6 is 0 Å². The standard InChI is InChI=1S/C15H19FN2O2/c1-11(19)12-3-2-8-18(9-12)10-15(20)17-14-6-4-13(16)5-7-14/h4-7,12H,2-3,8-10H2,1H3,(H,17,20). The minimum atomic E-state index is -0.330. The van der Waals surface area contributed by atoms with E-state index in [4.69, 9.17) is 0 Å². The summed E-state index contributed by atoms with van der Waals surface area (Å²) >= 11 is 0. The molecule has 1 aliphatic rings. The van der Waals surface area contributed by atoms with E-state index in [9.17, 15) is 14.0 Å². The number of likely N-dealkylation sites (tertiary alicyclic amines) is 1. The quantitative estimate of drug-likeness (QED) is 0.917. The van der Waals surface area contributed by atoms with Crippen molar-refractivity contribution in [3.05, 3.63) is 30.1 Å². The fourth-order valence-electron chi connectivity index (χ4n) is 2.47. The molecule has 108 valence electrons. The lowest BCUT2D eigenvalue weighted by Gasteiger charge is -2.30. The van der Waals surface area contributed by atoms with Crippen LogP contribution in [0.2, 0.25) is 0 Å². The molecule has 4 nitrogen and oxygen atoms in total. The van der Waals surface area contributed by atoms with E-state index in [2.05, 4.69) is 5.32 Å². The smallest absolute Gasteiger partial charge is 0.238 e. The van der Waals surface area contributed by atoms with Crippen molar-refractivity contribution in [2.75, 3.05) is 25.0 Å². The second-order valence-corrected chi connectivity index (χ2v) is 5.24. The molecule has 1 heterocycles. The van der Waals surface area contributed by atoms with Crippen molar-refractivity contribution < 1.29 is 14.0 Å². The van der Waals surface area contributed by atoms with E-state index in [1.807, 2.05) is 4.90 Å². The molecule has 0 radical (unpaired) electrons. The highest BCUT2D eigenvalue weighted by molar-refractivity contribution is 5.92. The number of anilines is 1. The maximum atomic E-state index is 12.8. The normalized spacial score (nSPS) is 19.6. The number of nitrogens with one attached hydrogen (secondary N) is 1. The highest BCUT2D eigenvalue weighted by Gasteiger charge is 2.24. The van der Waals surface area contributed by atoms with E-state index in [1.165, 1.54) is 24.3 Å². The van der Waals surface area contributed by atoms with Crippen molar-refractivity contribution in [2.24, 2.45) is 5.92 Å². The molecule has 1 atom stereocenters. The first-order chi connectivity index (χ1) is 9.54. The van der Waals surface area contributed by atoms with E-state index in [1.54, 1.807) is 6.92 Å². The third-order valence-corrected chi connectivity index (χ3v) is 3.58. The number of amides is 1. The molecule has 0 saturated carbocycles. The zero-order valence-corrected chi connectivity index (χ0v) is 11.6. The maximum absolute atomic E-state index is 12.8. The number of carbonyl (C=O) groups is 2. The fourth-order valence-corrected chi connectivity index (χ4v) is 2.47. The van der Waals surface area contributed by atoms with Gasteiger partial charge in [0.2, 0.25) is 5.91 Å². The Bertz CT molecular complexity index is 487. The van der Waals surface area contributed by atoms with Crippen LogP contribution < -0.4 is 5.32 Å². The Balaban J connectivity index is 1.85. The summed E-state index contributed by atoms with van der Waals surface area (Å²) in [5, 5.41) is 2.73. The van der Waals surface area contributed by atoms with E-state index < -0.39 is 0 Å². The van der Waals surface area contributed by atoms with Gasteiger partial charge in [0.05, 0.1) is 6.54 Å². The predicted molar refractivity (Wildman–Crippen MR) is 74.9 cm³/mol. The Hall–Kier alpha value is -1.75. The van der Waals surface area contributed by atoms with Gasteiger partial charge in [-0.05, 0) is 50.6 Å². The van der Waals surface area contributed by atoms with Crippen molar-refractivity contribution in [3.63, 3.8) is 0 Å². The third kappa shape index (κ3) is 4.13. The Morgan fingerprint density at radius 3 is 2.70 bits per heavy atom. The average Bonchev–Trinajstić information content (AvgIpc) is 2.41. The molecule has 1 fully saturated rings. The molecular formula is C15H19FN2O2. The van der Waals surface area contributed by atoms with Crippen LogP contribution in [-0.2, 0) is 9.59 Å². The van der Waals surface area contributed by atoms with Gasteiger partial charge in [-0.2, -0.15) is 0 Å². The molecule has 1 aromatic rings. The summed E-state index contributed by atoms with van der Waals surface area (Å²) in [6.07, 6.45) is 1.85. The highest BCUT2D eigenvalue weighted by atomic mass is 19.1. The molecule has 1 N–H and O–H groups in total. The molecular weight excluding hydrogens is 259 g/mol. The molecule has 0 aromatic heterocycles. The summed E-state index contributed by atoms with van der Waals surface area (Å²) in [7, 11) is 0. The van der Waals surface area contributed by atoms with Crippen molar-refractivity contribution in [1.82, 2.24) is 4.90 Å². The second-order valence-electron chi connectivity index (χ2n) is 5.24. The lowest BCUT2D eigenvalue weighted by atomic mass is 9.95. The van der Waals surface area contributed by atoms with Crippen LogP contribution in [0.25, 0.3) is 0 Å². The first-order valence-corrected chi connectivity index (χ1v) is 6.83. The minimum Gasteiger partial charge on any atom is -0.325 e. The summed E-state index contributed by atoms with van der Waals surface area (Å²) in [5.41, 5.74) is 0.580. The van der Waals surface area contributed by atoms with Crippen molar-refractivity contribution in [2.45, 2.75) is 19.8 Å². The lowest BCUT2D eigenvalue weighted by molar-refractivity contribution is -0.124. The lowest BCUT2D eigenvalue weighted by Crippen LogP contribution is -2.42. The van der Waals surface area contributed by atoms with E-state index in [-0.39, 0.29) is 30.0 Å². The number of halogens is 1. The minimum absolute atomic E-state index is 0.0439. The van der Waals surface area contributed by atoms with E-state index in [0.29, 0.717) is 12.2 Å². The molecule has 20 heavy (non-hydrogen) atoms.